The maximum absolute atomic E-state index is 10.7. The van der Waals surface area contributed by atoms with E-state index in [9.17, 15) is 56.2 Å². The van der Waals surface area contributed by atoms with Crippen molar-refractivity contribution < 1.29 is 79.9 Å². The van der Waals surface area contributed by atoms with Gasteiger partial charge in [-0.15, -0.1) is 0 Å². The molecule has 2 aromatic rings. The second kappa shape index (κ2) is 11.8. The maximum atomic E-state index is 10.7. The molecule has 2 aromatic carbocycles. The van der Waals surface area contributed by atoms with Crippen LogP contribution in [0.15, 0.2) is 30.0 Å². The molecule has 0 spiro atoms. The zero-order chi connectivity index (χ0) is 31.3. The fourth-order valence-electron chi connectivity index (χ4n) is 4.97. The molecule has 5 rings (SSSR count). The van der Waals surface area contributed by atoms with E-state index >= 15 is 0 Å². The Morgan fingerprint density at radius 3 is 2.00 bits per heavy atom. The lowest BCUT2D eigenvalue weighted by Crippen LogP contribution is -2.61. The second-order valence-corrected chi connectivity index (χ2v) is 10.5. The molecule has 2 fully saturated rings. The van der Waals surface area contributed by atoms with Gasteiger partial charge >= 0.3 is 0 Å². The predicted molar refractivity (Wildman–Crippen MR) is 139 cm³/mol. The Labute approximate surface area is 243 Å². The van der Waals surface area contributed by atoms with Crippen molar-refractivity contribution in [2.75, 3.05) is 6.61 Å². The van der Waals surface area contributed by atoms with Crippen molar-refractivity contribution in [1.82, 2.24) is 0 Å². The molecule has 2 saturated heterocycles. The van der Waals surface area contributed by atoms with E-state index in [0.717, 1.165) is 18.2 Å². The van der Waals surface area contributed by atoms with Crippen LogP contribution in [0, 0.1) is 0 Å². The summed E-state index contributed by atoms with van der Waals surface area (Å²) in [4.78, 5) is 0. The third-order valence-electron chi connectivity index (χ3n) is 7.44. The highest BCUT2D eigenvalue weighted by atomic mass is 16.7. The summed E-state index contributed by atoms with van der Waals surface area (Å²) in [5.41, 5.74) is 0.0388. The molecule has 0 bridgehead atoms. The van der Waals surface area contributed by atoms with Crippen LogP contribution in [-0.2, 0) is 18.9 Å². The van der Waals surface area contributed by atoms with Gasteiger partial charge in [-0.05, 0) is 25.1 Å². The second-order valence-electron chi connectivity index (χ2n) is 10.5. The molecule has 0 radical (unpaired) electrons. The standard InChI is InChI=1S/C27H32O16/c1-8-18(32)21(35)23(37)26(40-8)39-7-17-20(34)22(36)24(38)27(43-17)42-16-6-11-12(29)4-10(28)5-15(11)41-25(16)9-2-13(30)19(33)14(31)3-9/h2-6,8,17-18,20-38H,7H2,1H3/t8-,17-,18-,20-,21-,22-,23+,24-,25?,26+,27+/m0/s1. The maximum Gasteiger partial charge on any atom is 0.228 e. The first-order valence-corrected chi connectivity index (χ1v) is 13.1. The number of rotatable bonds is 6. The number of hydrogen-bond acceptors (Lipinski definition) is 16. The average molecular weight is 613 g/mol. The lowest BCUT2D eigenvalue weighted by Gasteiger charge is -2.43. The molecule has 0 aliphatic carbocycles. The number of phenolic OH excluding ortho intramolecular Hbond substituents is 5. The van der Waals surface area contributed by atoms with Crippen molar-refractivity contribution >= 4 is 6.08 Å². The molecule has 0 saturated carbocycles. The van der Waals surface area contributed by atoms with Crippen molar-refractivity contribution in [2.24, 2.45) is 0 Å². The average Bonchev–Trinajstić information content (AvgIpc) is 2.96. The smallest absolute Gasteiger partial charge is 0.228 e. The third-order valence-corrected chi connectivity index (χ3v) is 7.44. The van der Waals surface area contributed by atoms with Gasteiger partial charge in [-0.2, -0.15) is 0 Å². The first-order chi connectivity index (χ1) is 20.3. The molecule has 3 aliphatic rings. The van der Waals surface area contributed by atoms with E-state index in [4.69, 9.17) is 23.7 Å². The van der Waals surface area contributed by atoms with E-state index in [-0.39, 0.29) is 28.4 Å². The lowest BCUT2D eigenvalue weighted by molar-refractivity contribution is -0.324. The molecular weight excluding hydrogens is 580 g/mol. The molecule has 11 N–H and O–H groups in total. The zero-order valence-corrected chi connectivity index (χ0v) is 22.4. The van der Waals surface area contributed by atoms with E-state index in [2.05, 4.69) is 0 Å². The number of phenols is 5. The van der Waals surface area contributed by atoms with Crippen LogP contribution in [0.4, 0.5) is 0 Å². The molecule has 3 aliphatic heterocycles. The summed E-state index contributed by atoms with van der Waals surface area (Å²) in [6, 6.07) is 4.28. The number of aromatic hydroxyl groups is 5. The van der Waals surface area contributed by atoms with Crippen LogP contribution in [-0.4, -0.2) is 124 Å². The van der Waals surface area contributed by atoms with Gasteiger partial charge in [-0.3, -0.25) is 0 Å². The molecule has 1 unspecified atom stereocenters. The Bertz CT molecular complexity index is 1340. The van der Waals surface area contributed by atoms with E-state index < -0.39 is 97.1 Å². The molecule has 16 nitrogen and oxygen atoms in total. The number of fused-ring (bicyclic) bond motifs is 1. The number of aliphatic hydroxyl groups excluding tert-OH is 6. The molecule has 3 heterocycles. The van der Waals surface area contributed by atoms with Crippen LogP contribution in [0.3, 0.4) is 0 Å². The Morgan fingerprint density at radius 2 is 1.33 bits per heavy atom. The minimum absolute atomic E-state index is 0.0107. The van der Waals surface area contributed by atoms with E-state index in [1.165, 1.54) is 19.1 Å². The van der Waals surface area contributed by atoms with Crippen LogP contribution in [0.1, 0.15) is 24.2 Å². The molecule has 16 heteroatoms. The van der Waals surface area contributed by atoms with E-state index in [1.54, 1.807) is 0 Å². The number of ether oxygens (including phenoxy) is 5. The summed E-state index contributed by atoms with van der Waals surface area (Å²) >= 11 is 0. The summed E-state index contributed by atoms with van der Waals surface area (Å²) in [5, 5.41) is 112. The van der Waals surface area contributed by atoms with Gasteiger partial charge in [0.2, 0.25) is 6.29 Å². The van der Waals surface area contributed by atoms with Crippen molar-refractivity contribution in [3.05, 3.63) is 41.2 Å². The Morgan fingerprint density at radius 1 is 0.698 bits per heavy atom. The third kappa shape index (κ3) is 5.84. The van der Waals surface area contributed by atoms with Crippen LogP contribution in [0.25, 0.3) is 6.08 Å². The first kappa shape index (κ1) is 30.9. The minimum Gasteiger partial charge on any atom is -0.508 e. The summed E-state index contributed by atoms with van der Waals surface area (Å²) in [7, 11) is 0. The summed E-state index contributed by atoms with van der Waals surface area (Å²) in [6.07, 6.45) is -15.7. The van der Waals surface area contributed by atoms with Gasteiger partial charge in [-0.25, -0.2) is 0 Å². The van der Waals surface area contributed by atoms with Crippen molar-refractivity contribution in [3.63, 3.8) is 0 Å². The topological polar surface area (TPSA) is 269 Å². The number of benzene rings is 2. The van der Waals surface area contributed by atoms with Gasteiger partial charge in [0.05, 0.1) is 18.3 Å². The van der Waals surface area contributed by atoms with E-state index in [0.29, 0.717) is 0 Å². The van der Waals surface area contributed by atoms with Gasteiger partial charge < -0.3 is 79.9 Å². The van der Waals surface area contributed by atoms with Gasteiger partial charge in [0, 0.05) is 17.7 Å². The monoisotopic (exact) mass is 612 g/mol. The summed E-state index contributed by atoms with van der Waals surface area (Å²) in [5.74, 6) is -3.26. The fraction of sp³-hybridized carbons (Fsp3) is 0.481. The Hall–Kier alpha value is -3.58. The quantitative estimate of drug-likeness (QED) is 0.163. The van der Waals surface area contributed by atoms with Crippen molar-refractivity contribution in [1.29, 1.82) is 0 Å². The van der Waals surface area contributed by atoms with Crippen molar-refractivity contribution in [3.8, 4) is 34.5 Å². The normalized spacial score (nSPS) is 35.9. The first-order valence-electron chi connectivity index (χ1n) is 13.1. The molecule has 236 valence electrons. The minimum atomic E-state index is -1.86. The van der Waals surface area contributed by atoms with Crippen LogP contribution >= 0.6 is 0 Å². The van der Waals surface area contributed by atoms with E-state index in [1.807, 2.05) is 0 Å². The molecule has 0 aromatic heterocycles. The highest BCUT2D eigenvalue weighted by molar-refractivity contribution is 5.70. The Kier molecular flexibility index (Phi) is 8.50. The van der Waals surface area contributed by atoms with Gasteiger partial charge in [-0.1, -0.05) is 0 Å². The summed E-state index contributed by atoms with van der Waals surface area (Å²) < 4.78 is 28.2. The molecule has 43 heavy (non-hydrogen) atoms. The van der Waals surface area contributed by atoms with Crippen LogP contribution < -0.4 is 4.74 Å². The Balaban J connectivity index is 1.41. The fourth-order valence-corrected chi connectivity index (χ4v) is 4.97. The molecule has 11 atom stereocenters. The van der Waals surface area contributed by atoms with Crippen molar-refractivity contribution in [2.45, 2.75) is 74.4 Å². The largest absolute Gasteiger partial charge is 0.508 e. The molecule has 0 amide bonds. The number of hydrogen-bond donors (Lipinski definition) is 11. The highest BCUT2D eigenvalue weighted by Crippen LogP contribution is 2.47. The SMILES string of the molecule is C[C@@H]1O[C@@H](OC[C@@H]2O[C@@H](OC3=Cc4c(O)cc(O)cc4OC3c3cc(O)c(O)c(O)c3)[C@@H](O)[C@@H](O)[C@H]2O)[C@H](O)[C@@H](O)[C@H]1O. The molecular formula is C27H32O16. The highest BCUT2D eigenvalue weighted by Gasteiger charge is 2.48. The van der Waals surface area contributed by atoms with Crippen LogP contribution in [0.5, 0.6) is 34.5 Å². The van der Waals surface area contributed by atoms with Gasteiger partial charge in [0.1, 0.15) is 65.7 Å². The lowest BCUT2D eigenvalue weighted by atomic mass is 9.98. The summed E-state index contributed by atoms with van der Waals surface area (Å²) in [6.45, 7) is 0.886. The van der Waals surface area contributed by atoms with Gasteiger partial charge in [0.15, 0.2) is 29.6 Å². The predicted octanol–water partition coefficient (Wildman–Crippen LogP) is -1.64. The van der Waals surface area contributed by atoms with Gasteiger partial charge in [0.25, 0.3) is 0 Å². The van der Waals surface area contributed by atoms with Crippen LogP contribution in [0.2, 0.25) is 0 Å². The zero-order valence-electron chi connectivity index (χ0n) is 22.4. The number of aliphatic hydroxyl groups is 6.